The monoisotopic (exact) mass is 309 g/mol. The first kappa shape index (κ1) is 17.6. The molecule has 7 heteroatoms. The predicted molar refractivity (Wildman–Crippen MR) is 83.9 cm³/mol. The summed E-state index contributed by atoms with van der Waals surface area (Å²) in [7, 11) is 1.47. The highest BCUT2D eigenvalue weighted by molar-refractivity contribution is 5.95. The van der Waals surface area contributed by atoms with Gasteiger partial charge in [-0.2, -0.15) is 15.8 Å². The van der Waals surface area contributed by atoms with Crippen molar-refractivity contribution in [2.45, 2.75) is 13.8 Å². The van der Waals surface area contributed by atoms with E-state index < -0.39 is 0 Å². The Balaban J connectivity index is 3.30. The van der Waals surface area contributed by atoms with Crippen LogP contribution in [0.4, 0.5) is 11.4 Å². The van der Waals surface area contributed by atoms with Crippen LogP contribution in [0.1, 0.15) is 13.8 Å². The third-order valence-electron chi connectivity index (χ3n) is 2.85. The van der Waals surface area contributed by atoms with E-state index in [4.69, 9.17) is 20.5 Å². The molecule has 0 bridgehead atoms. The molecule has 116 valence electrons. The van der Waals surface area contributed by atoms with Gasteiger partial charge in [-0.15, -0.1) is 0 Å². The number of benzene rings is 1. The molecule has 0 aliphatic heterocycles. The number of nitrogens with one attached hydrogen (secondary N) is 2. The molecule has 0 heterocycles. The van der Waals surface area contributed by atoms with Crippen molar-refractivity contribution in [3.63, 3.8) is 0 Å². The largest absolute Gasteiger partial charge is 0.497 e. The summed E-state index contributed by atoms with van der Waals surface area (Å²) >= 11 is 0. The lowest BCUT2D eigenvalue weighted by Gasteiger charge is -2.15. The number of hydrogen-bond acceptors (Lipinski definition) is 6. The van der Waals surface area contributed by atoms with E-state index in [-0.39, 0.29) is 23.1 Å². The number of carbonyl (C=O) groups is 1. The lowest BCUT2D eigenvalue weighted by atomic mass is 10.1. The van der Waals surface area contributed by atoms with Crippen LogP contribution >= 0.6 is 0 Å². The Bertz CT molecular complexity index is 744. The summed E-state index contributed by atoms with van der Waals surface area (Å²) in [5.41, 5.74) is 0.199. The van der Waals surface area contributed by atoms with E-state index >= 15 is 0 Å². The second-order valence-corrected chi connectivity index (χ2v) is 4.77. The zero-order chi connectivity index (χ0) is 17.4. The van der Waals surface area contributed by atoms with E-state index in [2.05, 4.69) is 10.6 Å². The summed E-state index contributed by atoms with van der Waals surface area (Å²) in [5.74, 6) is 0.0500. The highest BCUT2D eigenvalue weighted by Gasteiger charge is 2.14. The Morgan fingerprint density at radius 1 is 1.09 bits per heavy atom. The number of nitriles is 3. The van der Waals surface area contributed by atoms with E-state index in [1.54, 1.807) is 50.3 Å². The van der Waals surface area contributed by atoms with Crippen molar-refractivity contribution in [3.8, 4) is 24.0 Å². The minimum atomic E-state index is -0.351. The molecule has 1 aromatic carbocycles. The number of carbonyl (C=O) groups excluding carboxylic acids is 1. The van der Waals surface area contributed by atoms with Crippen LogP contribution in [0, 0.1) is 39.9 Å². The number of hydrogen-bond donors (Lipinski definition) is 2. The highest BCUT2D eigenvalue weighted by Crippen LogP contribution is 2.29. The van der Waals surface area contributed by atoms with Crippen LogP contribution in [0.15, 0.2) is 29.5 Å². The van der Waals surface area contributed by atoms with Crippen LogP contribution in [0.2, 0.25) is 0 Å². The fourth-order valence-corrected chi connectivity index (χ4v) is 1.56. The molecule has 0 saturated carbocycles. The fourth-order valence-electron chi connectivity index (χ4n) is 1.56. The summed E-state index contributed by atoms with van der Waals surface area (Å²) in [5, 5.41) is 32.3. The molecule has 0 fully saturated rings. The van der Waals surface area contributed by atoms with E-state index in [1.165, 1.54) is 7.11 Å². The molecule has 1 aromatic rings. The van der Waals surface area contributed by atoms with Crippen molar-refractivity contribution in [2.24, 2.45) is 5.92 Å². The topological polar surface area (TPSA) is 122 Å². The van der Waals surface area contributed by atoms with Gasteiger partial charge in [0.25, 0.3) is 0 Å². The minimum Gasteiger partial charge on any atom is -0.497 e. The number of allylic oxidation sites excluding steroid dienone is 2. The number of ether oxygens (including phenoxy) is 1. The first-order valence-electron chi connectivity index (χ1n) is 6.67. The average Bonchev–Trinajstić information content (AvgIpc) is 2.55. The standard InChI is InChI=1S/C16H15N5O2/c1-10(2)16(22)21-13-5-4-12(23-3)6-14(13)20-15(9-19)11(7-17)8-18/h4-6,10,20H,1-3H3,(H,21,22). The van der Waals surface area contributed by atoms with Crippen LogP contribution in [-0.2, 0) is 4.79 Å². The van der Waals surface area contributed by atoms with Crippen LogP contribution in [-0.4, -0.2) is 13.0 Å². The van der Waals surface area contributed by atoms with Gasteiger partial charge in [0.1, 0.15) is 29.7 Å². The van der Waals surface area contributed by atoms with Gasteiger partial charge in [0.15, 0.2) is 5.57 Å². The molecule has 1 rings (SSSR count). The van der Waals surface area contributed by atoms with Crippen LogP contribution < -0.4 is 15.4 Å². The maximum Gasteiger partial charge on any atom is 0.226 e. The number of rotatable bonds is 5. The molecule has 0 saturated heterocycles. The number of amides is 1. The Kier molecular flexibility index (Phi) is 6.16. The average molecular weight is 309 g/mol. The molecule has 2 N–H and O–H groups in total. The molecule has 0 aliphatic carbocycles. The predicted octanol–water partition coefficient (Wildman–Crippen LogP) is 2.53. The molecular formula is C16H15N5O2. The number of nitrogens with zero attached hydrogens (tertiary/aromatic N) is 3. The lowest BCUT2D eigenvalue weighted by Crippen LogP contribution is -2.18. The first-order chi connectivity index (χ1) is 11.0. The van der Waals surface area contributed by atoms with E-state index in [9.17, 15) is 4.79 Å². The zero-order valence-electron chi connectivity index (χ0n) is 13.0. The van der Waals surface area contributed by atoms with Crippen LogP contribution in [0.3, 0.4) is 0 Å². The zero-order valence-corrected chi connectivity index (χ0v) is 13.0. The smallest absolute Gasteiger partial charge is 0.226 e. The van der Waals surface area contributed by atoms with Crippen molar-refractivity contribution >= 4 is 17.3 Å². The Labute approximate surface area is 134 Å². The molecule has 7 nitrogen and oxygen atoms in total. The maximum absolute atomic E-state index is 11.9. The highest BCUT2D eigenvalue weighted by atomic mass is 16.5. The normalized spacial score (nSPS) is 9.09. The number of methoxy groups -OCH3 is 1. The third-order valence-corrected chi connectivity index (χ3v) is 2.85. The Morgan fingerprint density at radius 2 is 1.74 bits per heavy atom. The van der Waals surface area contributed by atoms with Crippen LogP contribution in [0.25, 0.3) is 0 Å². The SMILES string of the molecule is COc1ccc(NC(=O)C(C)C)c(NC(C#N)=C(C#N)C#N)c1. The molecule has 0 aromatic heterocycles. The van der Waals surface area contributed by atoms with Gasteiger partial charge in [0.05, 0.1) is 18.5 Å². The van der Waals surface area contributed by atoms with E-state index in [0.717, 1.165) is 0 Å². The Morgan fingerprint density at radius 3 is 2.22 bits per heavy atom. The van der Waals surface area contributed by atoms with Gasteiger partial charge >= 0.3 is 0 Å². The van der Waals surface area contributed by atoms with E-state index in [0.29, 0.717) is 17.1 Å². The summed E-state index contributed by atoms with van der Waals surface area (Å²) in [6, 6.07) is 9.86. The second-order valence-electron chi connectivity index (χ2n) is 4.77. The van der Waals surface area contributed by atoms with Gasteiger partial charge in [-0.05, 0) is 12.1 Å². The van der Waals surface area contributed by atoms with Crippen molar-refractivity contribution in [3.05, 3.63) is 29.5 Å². The molecule has 23 heavy (non-hydrogen) atoms. The molecule has 0 radical (unpaired) electrons. The van der Waals surface area contributed by atoms with Gasteiger partial charge in [-0.3, -0.25) is 4.79 Å². The minimum absolute atomic E-state index is 0.205. The van der Waals surface area contributed by atoms with Crippen molar-refractivity contribution in [2.75, 3.05) is 17.7 Å². The van der Waals surface area contributed by atoms with Gasteiger partial charge in [-0.1, -0.05) is 13.8 Å². The summed E-state index contributed by atoms with van der Waals surface area (Å²) in [4.78, 5) is 11.9. The van der Waals surface area contributed by atoms with Gasteiger partial charge in [0, 0.05) is 12.0 Å². The lowest BCUT2D eigenvalue weighted by molar-refractivity contribution is -0.118. The van der Waals surface area contributed by atoms with Gasteiger partial charge < -0.3 is 15.4 Å². The molecule has 1 amide bonds. The van der Waals surface area contributed by atoms with Crippen LogP contribution in [0.5, 0.6) is 5.75 Å². The molecule has 0 unspecified atom stereocenters. The third kappa shape index (κ3) is 4.49. The fraction of sp³-hybridized carbons (Fsp3) is 0.250. The molecule has 0 atom stereocenters. The van der Waals surface area contributed by atoms with Gasteiger partial charge in [0.2, 0.25) is 5.91 Å². The summed E-state index contributed by atoms with van der Waals surface area (Å²) in [6.45, 7) is 3.49. The first-order valence-corrected chi connectivity index (χ1v) is 6.67. The van der Waals surface area contributed by atoms with E-state index in [1.807, 2.05) is 0 Å². The number of anilines is 2. The molecular weight excluding hydrogens is 294 g/mol. The van der Waals surface area contributed by atoms with Crippen molar-refractivity contribution in [1.82, 2.24) is 0 Å². The van der Waals surface area contributed by atoms with Gasteiger partial charge in [-0.25, -0.2) is 0 Å². The summed E-state index contributed by atoms with van der Waals surface area (Å²) < 4.78 is 5.11. The summed E-state index contributed by atoms with van der Waals surface area (Å²) in [6.07, 6.45) is 0. The van der Waals surface area contributed by atoms with Crippen molar-refractivity contribution in [1.29, 1.82) is 15.8 Å². The van der Waals surface area contributed by atoms with Crippen molar-refractivity contribution < 1.29 is 9.53 Å². The molecule has 0 spiro atoms. The maximum atomic E-state index is 11.9. The Hall–Kier alpha value is -3.50. The quantitative estimate of drug-likeness (QED) is 0.806. The molecule has 0 aliphatic rings. The second kappa shape index (κ2) is 8.07.